The first-order valence-corrected chi connectivity index (χ1v) is 8.84. The molecule has 1 aromatic carbocycles. The lowest BCUT2D eigenvalue weighted by molar-refractivity contribution is 0.0827. The van der Waals surface area contributed by atoms with Crippen molar-refractivity contribution in [2.45, 2.75) is 37.1 Å². The van der Waals surface area contributed by atoms with E-state index in [4.69, 9.17) is 5.73 Å². The molecule has 1 rings (SSSR count). The van der Waals surface area contributed by atoms with Crippen LogP contribution in [0.4, 0.5) is 0 Å². The summed E-state index contributed by atoms with van der Waals surface area (Å²) in [4.78, 5) is 13.4. The molecule has 1 amide bonds. The number of unbranched alkanes of at least 4 members (excludes halogenated alkanes) is 1. The SMILES string of the molecule is CCCCC(CN)NS(=O)(=O)c1ccc(C(=O)N(C)C)cc1.Cl. The van der Waals surface area contributed by atoms with Crippen molar-refractivity contribution in [1.29, 1.82) is 0 Å². The number of rotatable bonds is 8. The Morgan fingerprint density at radius 3 is 2.26 bits per heavy atom. The van der Waals surface area contributed by atoms with Gasteiger partial charge in [0.2, 0.25) is 10.0 Å². The summed E-state index contributed by atoms with van der Waals surface area (Å²) in [5.41, 5.74) is 6.07. The van der Waals surface area contributed by atoms with E-state index in [0.717, 1.165) is 12.8 Å². The average molecular weight is 364 g/mol. The van der Waals surface area contributed by atoms with Crippen LogP contribution in [0, 0.1) is 0 Å². The minimum absolute atomic E-state index is 0. The molecular formula is C15H26ClN3O3S. The van der Waals surface area contributed by atoms with Crippen LogP contribution >= 0.6 is 12.4 Å². The van der Waals surface area contributed by atoms with Gasteiger partial charge in [0.25, 0.3) is 5.91 Å². The molecule has 0 aliphatic heterocycles. The smallest absolute Gasteiger partial charge is 0.253 e. The van der Waals surface area contributed by atoms with Gasteiger partial charge in [0.05, 0.1) is 4.90 Å². The fourth-order valence-corrected chi connectivity index (χ4v) is 3.28. The van der Waals surface area contributed by atoms with Crippen LogP contribution in [0.1, 0.15) is 36.5 Å². The molecule has 0 aromatic heterocycles. The summed E-state index contributed by atoms with van der Waals surface area (Å²) in [5, 5.41) is 0. The largest absolute Gasteiger partial charge is 0.345 e. The Morgan fingerprint density at radius 1 is 1.26 bits per heavy atom. The standard InChI is InChI=1S/C15H25N3O3S.ClH/c1-4-5-6-13(11-16)17-22(20,21)14-9-7-12(8-10-14)15(19)18(2)3;/h7-10,13,17H,4-6,11,16H2,1-3H3;1H. The van der Waals surface area contributed by atoms with Crippen LogP contribution in [0.2, 0.25) is 0 Å². The predicted octanol–water partition coefficient (Wildman–Crippen LogP) is 1.61. The van der Waals surface area contributed by atoms with Crippen LogP contribution in [0.15, 0.2) is 29.2 Å². The number of nitrogens with one attached hydrogen (secondary N) is 1. The summed E-state index contributed by atoms with van der Waals surface area (Å²) in [6, 6.07) is 5.63. The normalized spacial score (nSPS) is 12.3. The van der Waals surface area contributed by atoms with E-state index in [9.17, 15) is 13.2 Å². The maximum atomic E-state index is 12.3. The summed E-state index contributed by atoms with van der Waals surface area (Å²) < 4.78 is 27.3. The molecule has 23 heavy (non-hydrogen) atoms. The fraction of sp³-hybridized carbons (Fsp3) is 0.533. The van der Waals surface area contributed by atoms with Gasteiger partial charge in [-0.05, 0) is 30.7 Å². The van der Waals surface area contributed by atoms with Gasteiger partial charge in [0.1, 0.15) is 0 Å². The zero-order valence-electron chi connectivity index (χ0n) is 13.8. The second-order valence-corrected chi connectivity index (χ2v) is 7.13. The minimum Gasteiger partial charge on any atom is -0.345 e. The zero-order chi connectivity index (χ0) is 16.8. The van der Waals surface area contributed by atoms with E-state index >= 15 is 0 Å². The van der Waals surface area contributed by atoms with Gasteiger partial charge < -0.3 is 10.6 Å². The number of sulfonamides is 1. The van der Waals surface area contributed by atoms with Crippen LogP contribution in [0.5, 0.6) is 0 Å². The lowest BCUT2D eigenvalue weighted by atomic mass is 10.1. The molecule has 0 aliphatic carbocycles. The number of halogens is 1. The number of carbonyl (C=O) groups excluding carboxylic acids is 1. The van der Waals surface area contributed by atoms with Gasteiger partial charge in [-0.3, -0.25) is 4.79 Å². The first-order valence-electron chi connectivity index (χ1n) is 7.36. The molecule has 0 heterocycles. The first kappa shape index (κ1) is 21.9. The van der Waals surface area contributed by atoms with Gasteiger partial charge in [0, 0.05) is 32.2 Å². The number of hydrogen-bond donors (Lipinski definition) is 2. The van der Waals surface area contributed by atoms with Crippen molar-refractivity contribution >= 4 is 28.3 Å². The van der Waals surface area contributed by atoms with Crippen LogP contribution in [-0.2, 0) is 10.0 Å². The Hall–Kier alpha value is -1.15. The molecule has 1 unspecified atom stereocenters. The highest BCUT2D eigenvalue weighted by molar-refractivity contribution is 7.89. The Kier molecular flexibility index (Phi) is 9.38. The van der Waals surface area contributed by atoms with E-state index < -0.39 is 10.0 Å². The highest BCUT2D eigenvalue weighted by Crippen LogP contribution is 2.13. The fourth-order valence-electron chi connectivity index (χ4n) is 2.00. The number of nitrogens with zero attached hydrogens (tertiary/aromatic N) is 1. The molecule has 1 aromatic rings. The second-order valence-electron chi connectivity index (χ2n) is 5.42. The minimum atomic E-state index is -3.62. The van der Waals surface area contributed by atoms with Crippen molar-refractivity contribution in [2.75, 3.05) is 20.6 Å². The third kappa shape index (κ3) is 6.47. The van der Waals surface area contributed by atoms with E-state index in [1.807, 2.05) is 6.92 Å². The van der Waals surface area contributed by atoms with E-state index in [-0.39, 0.29) is 35.8 Å². The third-order valence-electron chi connectivity index (χ3n) is 3.33. The predicted molar refractivity (Wildman–Crippen MR) is 94.4 cm³/mol. The third-order valence-corrected chi connectivity index (χ3v) is 4.87. The maximum absolute atomic E-state index is 12.3. The molecule has 6 nitrogen and oxygen atoms in total. The number of carbonyl (C=O) groups is 1. The van der Waals surface area contributed by atoms with Crippen LogP contribution < -0.4 is 10.5 Å². The molecule has 0 bridgehead atoms. The summed E-state index contributed by atoms with van der Waals surface area (Å²) in [5.74, 6) is -0.167. The molecule has 3 N–H and O–H groups in total. The maximum Gasteiger partial charge on any atom is 0.253 e. The molecule has 0 saturated heterocycles. The molecule has 8 heteroatoms. The molecule has 132 valence electrons. The van der Waals surface area contributed by atoms with Gasteiger partial charge in [0.15, 0.2) is 0 Å². The first-order chi connectivity index (χ1) is 10.3. The Balaban J connectivity index is 0.00000484. The molecule has 0 radical (unpaired) electrons. The Morgan fingerprint density at radius 2 is 1.83 bits per heavy atom. The Labute approximate surface area is 144 Å². The van der Waals surface area contributed by atoms with E-state index in [1.54, 1.807) is 14.1 Å². The topological polar surface area (TPSA) is 92.5 Å². The van der Waals surface area contributed by atoms with Crippen molar-refractivity contribution < 1.29 is 13.2 Å². The summed E-state index contributed by atoms with van der Waals surface area (Å²) >= 11 is 0. The number of hydrogen-bond acceptors (Lipinski definition) is 4. The molecule has 0 fully saturated rings. The van der Waals surface area contributed by atoms with E-state index in [1.165, 1.54) is 29.2 Å². The van der Waals surface area contributed by atoms with Crippen molar-refractivity contribution in [3.05, 3.63) is 29.8 Å². The number of benzene rings is 1. The monoisotopic (exact) mass is 363 g/mol. The Bertz CT molecular complexity index is 588. The van der Waals surface area contributed by atoms with Gasteiger partial charge in [-0.1, -0.05) is 19.8 Å². The molecular weight excluding hydrogens is 338 g/mol. The van der Waals surface area contributed by atoms with Crippen LogP contribution in [-0.4, -0.2) is 45.9 Å². The van der Waals surface area contributed by atoms with Gasteiger partial charge >= 0.3 is 0 Å². The highest BCUT2D eigenvalue weighted by Gasteiger charge is 2.19. The number of nitrogens with two attached hydrogens (primary N) is 1. The summed E-state index contributed by atoms with van der Waals surface area (Å²) in [7, 11) is -0.326. The molecule has 0 aliphatic rings. The van der Waals surface area contributed by atoms with Crippen molar-refractivity contribution in [3.8, 4) is 0 Å². The lowest BCUT2D eigenvalue weighted by Gasteiger charge is -2.17. The highest BCUT2D eigenvalue weighted by atomic mass is 35.5. The number of amides is 1. The molecule has 0 spiro atoms. The van der Waals surface area contributed by atoms with Crippen LogP contribution in [0.3, 0.4) is 0 Å². The van der Waals surface area contributed by atoms with Gasteiger partial charge in [-0.2, -0.15) is 0 Å². The average Bonchev–Trinajstić information content (AvgIpc) is 2.50. The van der Waals surface area contributed by atoms with E-state index in [0.29, 0.717) is 12.0 Å². The van der Waals surface area contributed by atoms with Crippen molar-refractivity contribution in [1.82, 2.24) is 9.62 Å². The second kappa shape index (κ2) is 9.87. The lowest BCUT2D eigenvalue weighted by Crippen LogP contribution is -2.40. The van der Waals surface area contributed by atoms with Crippen LogP contribution in [0.25, 0.3) is 0 Å². The summed E-state index contributed by atoms with van der Waals surface area (Å²) in [6.07, 6.45) is 2.61. The quantitative estimate of drug-likeness (QED) is 0.733. The van der Waals surface area contributed by atoms with Gasteiger partial charge in [-0.15, -0.1) is 12.4 Å². The van der Waals surface area contributed by atoms with E-state index in [2.05, 4.69) is 4.72 Å². The van der Waals surface area contributed by atoms with Gasteiger partial charge in [-0.25, -0.2) is 13.1 Å². The van der Waals surface area contributed by atoms with Crippen molar-refractivity contribution in [3.63, 3.8) is 0 Å². The zero-order valence-corrected chi connectivity index (χ0v) is 15.4. The molecule has 1 atom stereocenters. The van der Waals surface area contributed by atoms with Crippen molar-refractivity contribution in [2.24, 2.45) is 5.73 Å². The molecule has 0 saturated carbocycles. The summed E-state index contributed by atoms with van der Waals surface area (Å²) in [6.45, 7) is 2.30.